The van der Waals surface area contributed by atoms with E-state index in [1.165, 1.54) is 24.8 Å². The van der Waals surface area contributed by atoms with Gasteiger partial charge in [0.15, 0.2) is 10.9 Å². The number of aryl methyl sites for hydroxylation is 1. The maximum absolute atomic E-state index is 14.8. The molecule has 2 fully saturated rings. The molecule has 0 amide bonds. The Morgan fingerprint density at radius 3 is 2.68 bits per heavy atom. The molecule has 9 heteroatoms. The number of benzene rings is 1. The molecule has 1 aliphatic heterocycles. The lowest BCUT2D eigenvalue weighted by molar-refractivity contribution is -0.137. The highest BCUT2D eigenvalue weighted by molar-refractivity contribution is 8.14. The highest BCUT2D eigenvalue weighted by Gasteiger charge is 2.41. The first-order chi connectivity index (χ1) is 16.3. The summed E-state index contributed by atoms with van der Waals surface area (Å²) >= 11 is 1.26. The molecule has 2 atom stereocenters. The molecule has 0 radical (unpaired) electrons. The van der Waals surface area contributed by atoms with Gasteiger partial charge in [-0.3, -0.25) is 24.0 Å². The van der Waals surface area contributed by atoms with Crippen molar-refractivity contribution in [3.8, 4) is 0 Å². The number of hydrogen-bond donors (Lipinski definition) is 1. The van der Waals surface area contributed by atoms with Crippen LogP contribution in [0.5, 0.6) is 0 Å². The van der Waals surface area contributed by atoms with Gasteiger partial charge in [-0.1, -0.05) is 30.0 Å². The quantitative estimate of drug-likeness (QED) is 0.575. The van der Waals surface area contributed by atoms with E-state index in [1.807, 2.05) is 11.0 Å². The summed E-state index contributed by atoms with van der Waals surface area (Å²) in [6.45, 7) is 2.80. The predicted octanol–water partition coefficient (Wildman–Crippen LogP) is 3.95. The number of carbonyl (C=O) groups excluding carboxylic acids is 2. The SMILES string of the molecule is CC(=O)S[C@@H]1CCN(C(C(=O)C2CC2)c2ccccc2F)CC1=Cc1ccn(CCC(=O)O)n1. The van der Waals surface area contributed by atoms with Crippen LogP contribution in [0.4, 0.5) is 4.39 Å². The summed E-state index contributed by atoms with van der Waals surface area (Å²) in [6.07, 6.45) is 5.94. The van der Waals surface area contributed by atoms with E-state index in [-0.39, 0.29) is 40.8 Å². The highest BCUT2D eigenvalue weighted by atomic mass is 32.2. The molecule has 1 aromatic heterocycles. The number of aromatic nitrogens is 2. The van der Waals surface area contributed by atoms with Gasteiger partial charge in [-0.2, -0.15) is 5.10 Å². The van der Waals surface area contributed by atoms with Crippen molar-refractivity contribution in [1.82, 2.24) is 14.7 Å². The summed E-state index contributed by atoms with van der Waals surface area (Å²) in [5.41, 5.74) is 2.00. The topological polar surface area (TPSA) is 92.5 Å². The molecule has 1 aliphatic carbocycles. The van der Waals surface area contributed by atoms with Crippen molar-refractivity contribution in [3.05, 3.63) is 59.2 Å². The van der Waals surface area contributed by atoms with Crippen molar-refractivity contribution in [2.24, 2.45) is 5.92 Å². The van der Waals surface area contributed by atoms with Gasteiger partial charge in [0.1, 0.15) is 5.82 Å². The van der Waals surface area contributed by atoms with Gasteiger partial charge < -0.3 is 5.11 Å². The molecule has 1 saturated carbocycles. The van der Waals surface area contributed by atoms with Crippen LogP contribution in [0.25, 0.3) is 6.08 Å². The zero-order chi connectivity index (χ0) is 24.2. The molecular formula is C25H28FN3O4S. The number of likely N-dealkylation sites (tertiary alicyclic amines) is 1. The molecule has 1 N–H and O–H groups in total. The van der Waals surface area contributed by atoms with Gasteiger partial charge in [-0.25, -0.2) is 4.39 Å². The standard InChI is InChI=1S/C25H28FN3O4S/c1-16(30)34-22-9-11-28(15-18(22)14-19-8-12-29(27-19)13-10-23(31)32)24(25(33)17-6-7-17)20-4-2-3-5-21(20)26/h2-5,8,12,14,17,22,24H,6-7,9-11,13,15H2,1H3,(H,31,32)/t22-,24?/m1/s1. The number of halogens is 1. The van der Waals surface area contributed by atoms with Gasteiger partial charge in [0, 0.05) is 42.9 Å². The normalized spacial score (nSPS) is 20.9. The van der Waals surface area contributed by atoms with E-state index in [1.54, 1.807) is 35.1 Å². The number of carbonyl (C=O) groups is 3. The third kappa shape index (κ3) is 6.01. The Morgan fingerprint density at radius 1 is 1.24 bits per heavy atom. The second-order valence-corrected chi connectivity index (χ2v) is 10.2. The van der Waals surface area contributed by atoms with Crippen molar-refractivity contribution in [3.63, 3.8) is 0 Å². The van der Waals surface area contributed by atoms with Crippen LogP contribution in [0, 0.1) is 11.7 Å². The summed E-state index contributed by atoms with van der Waals surface area (Å²) in [7, 11) is 0. The minimum atomic E-state index is -0.893. The number of ketones is 1. The van der Waals surface area contributed by atoms with Crippen LogP contribution in [-0.4, -0.2) is 55.0 Å². The number of nitrogens with zero attached hydrogens (tertiary/aromatic N) is 3. The van der Waals surface area contributed by atoms with Crippen molar-refractivity contribution >= 4 is 34.7 Å². The third-order valence-electron chi connectivity index (χ3n) is 6.15. The largest absolute Gasteiger partial charge is 0.481 e. The molecule has 1 saturated heterocycles. The van der Waals surface area contributed by atoms with Crippen LogP contribution in [0.2, 0.25) is 0 Å². The fourth-order valence-electron chi connectivity index (χ4n) is 4.37. The fourth-order valence-corrected chi connectivity index (χ4v) is 5.29. The average Bonchev–Trinajstić information content (AvgIpc) is 3.55. The van der Waals surface area contributed by atoms with Gasteiger partial charge >= 0.3 is 5.97 Å². The Morgan fingerprint density at radius 2 is 2.00 bits per heavy atom. The number of aliphatic carboxylic acids is 1. The fraction of sp³-hybridized carbons (Fsp3) is 0.440. The maximum Gasteiger partial charge on any atom is 0.305 e. The first-order valence-corrected chi connectivity index (χ1v) is 12.3. The highest BCUT2D eigenvalue weighted by Crippen LogP contribution is 2.40. The molecule has 2 aliphatic rings. The van der Waals surface area contributed by atoms with Gasteiger partial charge in [0.25, 0.3) is 0 Å². The van der Waals surface area contributed by atoms with E-state index in [9.17, 15) is 18.8 Å². The number of rotatable bonds is 9. The van der Waals surface area contributed by atoms with Crippen molar-refractivity contribution in [1.29, 1.82) is 0 Å². The zero-order valence-electron chi connectivity index (χ0n) is 19.0. The Bertz CT molecular complexity index is 1110. The van der Waals surface area contributed by atoms with E-state index in [4.69, 9.17) is 5.11 Å². The summed E-state index contributed by atoms with van der Waals surface area (Å²) in [5, 5.41) is 13.3. The van der Waals surface area contributed by atoms with Crippen molar-refractivity contribution < 1.29 is 23.9 Å². The molecule has 2 heterocycles. The molecule has 4 rings (SSSR count). The van der Waals surface area contributed by atoms with E-state index in [2.05, 4.69) is 5.10 Å². The second-order valence-electron chi connectivity index (χ2n) is 8.82. The molecule has 180 valence electrons. The zero-order valence-corrected chi connectivity index (χ0v) is 19.8. The third-order valence-corrected chi connectivity index (χ3v) is 7.30. The molecule has 1 unspecified atom stereocenters. The van der Waals surface area contributed by atoms with Crippen LogP contribution < -0.4 is 0 Å². The molecule has 2 aromatic rings. The average molecular weight is 486 g/mol. The van der Waals surface area contributed by atoms with Gasteiger partial charge in [0.2, 0.25) is 0 Å². The number of thioether (sulfide) groups is 1. The lowest BCUT2D eigenvalue weighted by Gasteiger charge is -2.38. The molecule has 34 heavy (non-hydrogen) atoms. The first kappa shape index (κ1) is 24.3. The second kappa shape index (κ2) is 10.7. The van der Waals surface area contributed by atoms with E-state index < -0.39 is 12.0 Å². The number of piperidine rings is 1. The summed E-state index contributed by atoms with van der Waals surface area (Å²) in [5.74, 6) is -1.24. The Balaban J connectivity index is 1.62. The summed E-state index contributed by atoms with van der Waals surface area (Å²) < 4.78 is 16.3. The predicted molar refractivity (Wildman–Crippen MR) is 128 cm³/mol. The first-order valence-electron chi connectivity index (χ1n) is 11.5. The van der Waals surface area contributed by atoms with E-state index >= 15 is 0 Å². The minimum Gasteiger partial charge on any atom is -0.481 e. The molecule has 1 aromatic carbocycles. The van der Waals surface area contributed by atoms with Crippen molar-refractivity contribution in [2.75, 3.05) is 13.1 Å². The Hall–Kier alpha value is -2.78. The Labute approximate surface area is 202 Å². The van der Waals surface area contributed by atoms with Crippen LogP contribution >= 0.6 is 11.8 Å². The molecule has 0 spiro atoms. The molecular weight excluding hydrogens is 457 g/mol. The number of carboxylic acid groups (broad SMARTS) is 1. The smallest absolute Gasteiger partial charge is 0.305 e. The van der Waals surface area contributed by atoms with Crippen LogP contribution in [0.1, 0.15) is 49.9 Å². The Kier molecular flexibility index (Phi) is 7.63. The van der Waals surface area contributed by atoms with Crippen LogP contribution in [0.3, 0.4) is 0 Å². The van der Waals surface area contributed by atoms with Gasteiger partial charge in [0.05, 0.1) is 24.7 Å². The lowest BCUT2D eigenvalue weighted by atomic mass is 9.93. The van der Waals surface area contributed by atoms with Crippen molar-refractivity contribution in [2.45, 2.75) is 50.4 Å². The number of hydrogen-bond acceptors (Lipinski definition) is 6. The maximum atomic E-state index is 14.8. The summed E-state index contributed by atoms with van der Waals surface area (Å²) in [6, 6.07) is 7.59. The van der Waals surface area contributed by atoms with Gasteiger partial charge in [-0.05, 0) is 43.0 Å². The van der Waals surface area contributed by atoms with Crippen LogP contribution in [-0.2, 0) is 20.9 Å². The van der Waals surface area contributed by atoms with Crippen LogP contribution in [0.15, 0.2) is 42.1 Å². The number of Topliss-reactive ketones (excluding diaryl/α,β-unsaturated/α-hetero) is 1. The van der Waals surface area contributed by atoms with Gasteiger partial charge in [-0.15, -0.1) is 0 Å². The molecule has 7 nitrogen and oxygen atoms in total. The monoisotopic (exact) mass is 485 g/mol. The van der Waals surface area contributed by atoms with E-state index in [0.717, 1.165) is 18.4 Å². The minimum absolute atomic E-state index is 0.0102. The molecule has 0 bridgehead atoms. The number of carboxylic acids is 1. The van der Waals surface area contributed by atoms with E-state index in [0.29, 0.717) is 30.8 Å². The lowest BCUT2D eigenvalue weighted by Crippen LogP contribution is -2.43. The summed E-state index contributed by atoms with van der Waals surface area (Å²) in [4.78, 5) is 38.0.